The van der Waals surface area contributed by atoms with Gasteiger partial charge in [-0.3, -0.25) is 0 Å². The SMILES string of the molecule is C=CC1CCC(=C2CCC(OCC)CC2)CC1. The first kappa shape index (κ1) is 12.9. The fourth-order valence-electron chi connectivity index (χ4n) is 3.27. The van der Waals surface area contributed by atoms with E-state index in [9.17, 15) is 0 Å². The van der Waals surface area contributed by atoms with E-state index in [0.29, 0.717) is 6.10 Å². The molecular formula is C16H26O. The van der Waals surface area contributed by atoms with Crippen LogP contribution in [-0.2, 0) is 4.74 Å². The Kier molecular flexibility index (Phi) is 4.85. The Hall–Kier alpha value is -0.560. The monoisotopic (exact) mass is 234 g/mol. The third-order valence-corrected chi connectivity index (χ3v) is 4.41. The maximum Gasteiger partial charge on any atom is 0.0581 e. The highest BCUT2D eigenvalue weighted by Crippen LogP contribution is 2.36. The van der Waals surface area contributed by atoms with Gasteiger partial charge in [0.15, 0.2) is 0 Å². The third kappa shape index (κ3) is 3.45. The van der Waals surface area contributed by atoms with Crippen LogP contribution in [0, 0.1) is 5.92 Å². The number of allylic oxidation sites excluding steroid dienone is 3. The molecule has 0 N–H and O–H groups in total. The van der Waals surface area contributed by atoms with Crippen molar-refractivity contribution in [2.75, 3.05) is 6.61 Å². The Morgan fingerprint density at radius 1 is 1.06 bits per heavy atom. The average Bonchev–Trinajstić information content (AvgIpc) is 2.40. The summed E-state index contributed by atoms with van der Waals surface area (Å²) in [5.41, 5.74) is 3.54. The van der Waals surface area contributed by atoms with Gasteiger partial charge in [-0.2, -0.15) is 0 Å². The van der Waals surface area contributed by atoms with Gasteiger partial charge in [0.1, 0.15) is 0 Å². The molecule has 0 aromatic rings. The Morgan fingerprint density at radius 2 is 1.59 bits per heavy atom. The van der Waals surface area contributed by atoms with Gasteiger partial charge in [0.2, 0.25) is 0 Å². The molecule has 2 rings (SSSR count). The Bertz CT molecular complexity index is 270. The largest absolute Gasteiger partial charge is 0.378 e. The molecule has 0 aliphatic heterocycles. The minimum absolute atomic E-state index is 0.536. The van der Waals surface area contributed by atoms with E-state index >= 15 is 0 Å². The van der Waals surface area contributed by atoms with E-state index < -0.39 is 0 Å². The van der Waals surface area contributed by atoms with E-state index in [0.717, 1.165) is 12.5 Å². The summed E-state index contributed by atoms with van der Waals surface area (Å²) >= 11 is 0. The van der Waals surface area contributed by atoms with Crippen molar-refractivity contribution in [1.29, 1.82) is 0 Å². The predicted molar refractivity (Wildman–Crippen MR) is 73.1 cm³/mol. The van der Waals surface area contributed by atoms with Gasteiger partial charge in [0.05, 0.1) is 6.10 Å². The lowest BCUT2D eigenvalue weighted by molar-refractivity contribution is 0.0440. The molecule has 0 heterocycles. The van der Waals surface area contributed by atoms with Crippen molar-refractivity contribution < 1.29 is 4.74 Å². The Morgan fingerprint density at radius 3 is 2.06 bits per heavy atom. The highest BCUT2D eigenvalue weighted by Gasteiger charge is 2.21. The summed E-state index contributed by atoms with van der Waals surface area (Å²) in [6.07, 6.45) is 13.1. The zero-order valence-electron chi connectivity index (χ0n) is 11.2. The van der Waals surface area contributed by atoms with E-state index in [2.05, 4.69) is 19.6 Å². The highest BCUT2D eigenvalue weighted by atomic mass is 16.5. The standard InChI is InChI=1S/C16H26O/c1-3-13-5-7-14(8-6-13)15-9-11-16(12-10-15)17-4-2/h3,13,16H,1,4-12H2,2H3. The molecule has 0 aromatic carbocycles. The zero-order chi connectivity index (χ0) is 12.1. The third-order valence-electron chi connectivity index (χ3n) is 4.41. The second-order valence-electron chi connectivity index (χ2n) is 5.43. The van der Waals surface area contributed by atoms with Gasteiger partial charge >= 0.3 is 0 Å². The molecule has 0 spiro atoms. The van der Waals surface area contributed by atoms with Gasteiger partial charge in [-0.25, -0.2) is 0 Å². The summed E-state index contributed by atoms with van der Waals surface area (Å²) < 4.78 is 5.72. The summed E-state index contributed by atoms with van der Waals surface area (Å²) in [6.45, 7) is 6.89. The van der Waals surface area contributed by atoms with Crippen molar-refractivity contribution in [1.82, 2.24) is 0 Å². The molecule has 0 saturated heterocycles. The first-order valence-electron chi connectivity index (χ1n) is 7.27. The van der Waals surface area contributed by atoms with Crippen molar-refractivity contribution in [3.05, 3.63) is 23.8 Å². The van der Waals surface area contributed by atoms with Gasteiger partial charge in [0, 0.05) is 6.61 Å². The smallest absolute Gasteiger partial charge is 0.0581 e. The van der Waals surface area contributed by atoms with E-state index in [1.165, 1.54) is 51.4 Å². The van der Waals surface area contributed by atoms with Crippen molar-refractivity contribution in [3.8, 4) is 0 Å². The second kappa shape index (κ2) is 6.39. The van der Waals surface area contributed by atoms with Crippen LogP contribution in [-0.4, -0.2) is 12.7 Å². The normalized spacial score (nSPS) is 30.4. The van der Waals surface area contributed by atoms with Gasteiger partial charge < -0.3 is 4.74 Å². The van der Waals surface area contributed by atoms with Crippen LogP contribution >= 0.6 is 0 Å². The molecule has 17 heavy (non-hydrogen) atoms. The molecule has 0 bridgehead atoms. The minimum atomic E-state index is 0.536. The quantitative estimate of drug-likeness (QED) is 0.646. The molecule has 0 aromatic heterocycles. The van der Waals surface area contributed by atoms with Crippen LogP contribution in [0.3, 0.4) is 0 Å². The molecule has 2 aliphatic carbocycles. The molecule has 0 unspecified atom stereocenters. The molecule has 1 heteroatoms. The summed E-state index contributed by atoms with van der Waals surface area (Å²) in [5.74, 6) is 0.777. The first-order chi connectivity index (χ1) is 8.33. The molecule has 2 saturated carbocycles. The maximum atomic E-state index is 5.72. The Balaban J connectivity index is 1.85. The molecule has 2 fully saturated rings. The molecule has 2 aliphatic rings. The van der Waals surface area contributed by atoms with Crippen molar-refractivity contribution >= 4 is 0 Å². The average molecular weight is 234 g/mol. The summed E-state index contributed by atoms with van der Waals surface area (Å²) in [5, 5.41) is 0. The lowest BCUT2D eigenvalue weighted by Gasteiger charge is -2.29. The van der Waals surface area contributed by atoms with Gasteiger partial charge in [-0.1, -0.05) is 17.2 Å². The molecule has 96 valence electrons. The van der Waals surface area contributed by atoms with E-state index in [1.54, 1.807) is 11.1 Å². The summed E-state index contributed by atoms with van der Waals surface area (Å²) in [6, 6.07) is 0. The molecule has 0 amide bonds. The molecule has 0 radical (unpaired) electrons. The van der Waals surface area contributed by atoms with Crippen LogP contribution < -0.4 is 0 Å². The minimum Gasteiger partial charge on any atom is -0.378 e. The van der Waals surface area contributed by atoms with Crippen LogP contribution in [0.25, 0.3) is 0 Å². The molecule has 1 nitrogen and oxygen atoms in total. The van der Waals surface area contributed by atoms with Crippen LogP contribution in [0.1, 0.15) is 58.3 Å². The van der Waals surface area contributed by atoms with Crippen molar-refractivity contribution in [2.45, 2.75) is 64.4 Å². The fourth-order valence-corrected chi connectivity index (χ4v) is 3.27. The van der Waals surface area contributed by atoms with Gasteiger partial charge in [-0.15, -0.1) is 6.58 Å². The fraction of sp³-hybridized carbons (Fsp3) is 0.750. The van der Waals surface area contributed by atoms with Crippen molar-refractivity contribution in [3.63, 3.8) is 0 Å². The number of rotatable bonds is 3. The van der Waals surface area contributed by atoms with Crippen molar-refractivity contribution in [2.24, 2.45) is 5.92 Å². The second-order valence-corrected chi connectivity index (χ2v) is 5.43. The summed E-state index contributed by atoms with van der Waals surface area (Å²) in [4.78, 5) is 0. The molecule has 0 atom stereocenters. The number of ether oxygens (including phenoxy) is 1. The van der Waals surface area contributed by atoms with Crippen LogP contribution in [0.5, 0.6) is 0 Å². The summed E-state index contributed by atoms with van der Waals surface area (Å²) in [7, 11) is 0. The lowest BCUT2D eigenvalue weighted by Crippen LogP contribution is -2.19. The van der Waals surface area contributed by atoms with E-state index in [1.807, 2.05) is 0 Å². The predicted octanol–water partition coefficient (Wildman–Crippen LogP) is 4.64. The highest BCUT2D eigenvalue weighted by molar-refractivity contribution is 5.18. The van der Waals surface area contributed by atoms with Crippen LogP contribution in [0.15, 0.2) is 23.8 Å². The molecular weight excluding hydrogens is 208 g/mol. The van der Waals surface area contributed by atoms with Crippen LogP contribution in [0.4, 0.5) is 0 Å². The van der Waals surface area contributed by atoms with Gasteiger partial charge in [-0.05, 0) is 64.2 Å². The maximum absolute atomic E-state index is 5.72. The van der Waals surface area contributed by atoms with E-state index in [-0.39, 0.29) is 0 Å². The Labute approximate surface area is 106 Å². The number of hydrogen-bond acceptors (Lipinski definition) is 1. The zero-order valence-corrected chi connectivity index (χ0v) is 11.2. The van der Waals surface area contributed by atoms with Crippen LogP contribution in [0.2, 0.25) is 0 Å². The topological polar surface area (TPSA) is 9.23 Å². The van der Waals surface area contributed by atoms with Gasteiger partial charge in [0.25, 0.3) is 0 Å². The first-order valence-corrected chi connectivity index (χ1v) is 7.27. The van der Waals surface area contributed by atoms with E-state index in [4.69, 9.17) is 4.74 Å². The lowest BCUT2D eigenvalue weighted by atomic mass is 9.80. The number of hydrogen-bond donors (Lipinski definition) is 0.